The van der Waals surface area contributed by atoms with Crippen LogP contribution in [0.4, 0.5) is 0 Å². The summed E-state index contributed by atoms with van der Waals surface area (Å²) in [5.41, 5.74) is 2.44. The van der Waals surface area contributed by atoms with Gasteiger partial charge in [0.1, 0.15) is 0 Å². The molecule has 0 bridgehead atoms. The molecule has 1 aromatic heterocycles. The topological polar surface area (TPSA) is 51.5 Å². The molecule has 5 heteroatoms. The van der Waals surface area contributed by atoms with Crippen molar-refractivity contribution in [1.29, 1.82) is 0 Å². The Morgan fingerprint density at radius 2 is 1.73 bits per heavy atom. The molecule has 3 aromatic rings. The Morgan fingerprint density at radius 1 is 1.08 bits per heavy atom. The van der Waals surface area contributed by atoms with Crippen molar-refractivity contribution in [3.63, 3.8) is 0 Å². The van der Waals surface area contributed by atoms with Gasteiger partial charge in [0.25, 0.3) is 5.91 Å². The van der Waals surface area contributed by atoms with Crippen LogP contribution in [0.2, 0.25) is 0 Å². The zero-order valence-electron chi connectivity index (χ0n) is 15.2. The van der Waals surface area contributed by atoms with Crippen LogP contribution in [0.15, 0.2) is 60.8 Å². The maximum Gasteiger partial charge on any atom is 0.340 e. The van der Waals surface area contributed by atoms with Crippen molar-refractivity contribution in [2.75, 3.05) is 13.7 Å². The van der Waals surface area contributed by atoms with E-state index >= 15 is 0 Å². The van der Waals surface area contributed by atoms with Crippen LogP contribution in [0.25, 0.3) is 10.9 Å². The Labute approximate surface area is 152 Å². The van der Waals surface area contributed by atoms with E-state index in [1.165, 1.54) is 0 Å². The Hall–Kier alpha value is -3.08. The predicted molar refractivity (Wildman–Crippen MR) is 101 cm³/mol. The van der Waals surface area contributed by atoms with Gasteiger partial charge in [-0.05, 0) is 18.6 Å². The average molecular weight is 350 g/mol. The molecule has 134 valence electrons. The number of hydrogen-bond donors (Lipinski definition) is 0. The number of carbonyl (C=O) groups is 2. The molecule has 0 aliphatic carbocycles. The highest BCUT2D eigenvalue weighted by Gasteiger charge is 2.20. The van der Waals surface area contributed by atoms with Gasteiger partial charge in [0.05, 0.1) is 11.6 Å². The first-order chi connectivity index (χ1) is 12.5. The van der Waals surface area contributed by atoms with Crippen molar-refractivity contribution < 1.29 is 14.3 Å². The highest BCUT2D eigenvalue weighted by atomic mass is 16.5. The SMILES string of the molecule is C[C@@H](c1ccccc1)N(C)C(=O)COC(=O)c1cn(C)c2ccccc12. The molecule has 5 nitrogen and oxygen atoms in total. The van der Waals surface area contributed by atoms with Crippen molar-refractivity contribution >= 4 is 22.8 Å². The van der Waals surface area contributed by atoms with Crippen LogP contribution in [0, 0.1) is 0 Å². The van der Waals surface area contributed by atoms with E-state index in [0.717, 1.165) is 16.5 Å². The second-order valence-electron chi connectivity index (χ2n) is 6.34. The van der Waals surface area contributed by atoms with E-state index in [-0.39, 0.29) is 18.6 Å². The number of benzene rings is 2. The van der Waals surface area contributed by atoms with Crippen LogP contribution in [-0.2, 0) is 16.6 Å². The van der Waals surface area contributed by atoms with Gasteiger partial charge in [0.2, 0.25) is 0 Å². The first kappa shape index (κ1) is 17.7. The highest BCUT2D eigenvalue weighted by Crippen LogP contribution is 2.21. The van der Waals surface area contributed by atoms with E-state index < -0.39 is 5.97 Å². The summed E-state index contributed by atoms with van der Waals surface area (Å²) in [6.45, 7) is 1.66. The van der Waals surface area contributed by atoms with E-state index in [1.807, 2.05) is 73.1 Å². The zero-order valence-corrected chi connectivity index (χ0v) is 15.2. The maximum absolute atomic E-state index is 12.4. The zero-order chi connectivity index (χ0) is 18.7. The molecule has 0 saturated heterocycles. The summed E-state index contributed by atoms with van der Waals surface area (Å²) >= 11 is 0. The quantitative estimate of drug-likeness (QED) is 0.661. The fraction of sp³-hybridized carbons (Fsp3) is 0.238. The molecule has 0 aliphatic heterocycles. The van der Waals surface area contributed by atoms with Crippen molar-refractivity contribution in [3.8, 4) is 0 Å². The molecule has 1 heterocycles. The van der Waals surface area contributed by atoms with E-state index in [4.69, 9.17) is 4.74 Å². The molecule has 0 saturated carbocycles. The largest absolute Gasteiger partial charge is 0.452 e. The average Bonchev–Trinajstić information content (AvgIpc) is 3.02. The number of esters is 1. The Balaban J connectivity index is 1.66. The van der Waals surface area contributed by atoms with Crippen LogP contribution in [0.1, 0.15) is 28.9 Å². The molecule has 3 rings (SSSR count). The predicted octanol–water partition coefficient (Wildman–Crippen LogP) is 3.55. The third-order valence-corrected chi connectivity index (χ3v) is 4.70. The van der Waals surface area contributed by atoms with Crippen molar-refractivity contribution in [2.45, 2.75) is 13.0 Å². The molecule has 1 amide bonds. The lowest BCUT2D eigenvalue weighted by molar-refractivity contribution is -0.135. The second-order valence-corrected chi connectivity index (χ2v) is 6.34. The standard InChI is InChI=1S/C21H22N2O3/c1-15(16-9-5-4-6-10-16)23(3)20(24)14-26-21(25)18-13-22(2)19-12-8-7-11-17(18)19/h4-13,15H,14H2,1-3H3/t15-/m0/s1. The lowest BCUT2D eigenvalue weighted by atomic mass is 10.1. The molecule has 26 heavy (non-hydrogen) atoms. The molecule has 0 aliphatic rings. The molecule has 0 spiro atoms. The first-order valence-electron chi connectivity index (χ1n) is 8.51. The van der Waals surface area contributed by atoms with E-state index in [2.05, 4.69) is 0 Å². The number of amides is 1. The number of aromatic nitrogens is 1. The van der Waals surface area contributed by atoms with Gasteiger partial charge in [0, 0.05) is 31.2 Å². The van der Waals surface area contributed by atoms with Crippen LogP contribution < -0.4 is 0 Å². The second kappa shape index (κ2) is 7.44. The number of likely N-dealkylation sites (N-methyl/N-ethyl adjacent to an activating group) is 1. The van der Waals surface area contributed by atoms with Gasteiger partial charge in [-0.1, -0.05) is 48.5 Å². The summed E-state index contributed by atoms with van der Waals surface area (Å²) < 4.78 is 7.15. The number of carbonyl (C=O) groups excluding carboxylic acids is 2. The monoisotopic (exact) mass is 350 g/mol. The van der Waals surface area contributed by atoms with Crippen LogP contribution >= 0.6 is 0 Å². The summed E-state index contributed by atoms with van der Waals surface area (Å²) in [5, 5.41) is 0.818. The van der Waals surface area contributed by atoms with Gasteiger partial charge in [0.15, 0.2) is 6.61 Å². The Kier molecular flexibility index (Phi) is 5.07. The lowest BCUT2D eigenvalue weighted by Gasteiger charge is -2.25. The van der Waals surface area contributed by atoms with Crippen LogP contribution in [0.3, 0.4) is 0 Å². The summed E-state index contributed by atoms with van der Waals surface area (Å²) in [7, 11) is 3.59. The van der Waals surface area contributed by atoms with Crippen molar-refractivity contribution in [1.82, 2.24) is 9.47 Å². The molecule has 0 unspecified atom stereocenters. The summed E-state index contributed by atoms with van der Waals surface area (Å²) in [5.74, 6) is -0.731. The normalized spacial score (nSPS) is 12.0. The van der Waals surface area contributed by atoms with Crippen molar-refractivity contribution in [2.24, 2.45) is 7.05 Å². The number of hydrogen-bond acceptors (Lipinski definition) is 3. The highest BCUT2D eigenvalue weighted by molar-refractivity contribution is 6.04. The fourth-order valence-corrected chi connectivity index (χ4v) is 2.98. The smallest absolute Gasteiger partial charge is 0.340 e. The lowest BCUT2D eigenvalue weighted by Crippen LogP contribution is -2.33. The van der Waals surface area contributed by atoms with Gasteiger partial charge in [-0.3, -0.25) is 4.79 Å². The molecule has 1 atom stereocenters. The number of ether oxygens (including phenoxy) is 1. The van der Waals surface area contributed by atoms with Gasteiger partial charge in [-0.2, -0.15) is 0 Å². The summed E-state index contributed by atoms with van der Waals surface area (Å²) in [6.07, 6.45) is 1.73. The van der Waals surface area contributed by atoms with Crippen LogP contribution in [0.5, 0.6) is 0 Å². The van der Waals surface area contributed by atoms with Gasteiger partial charge < -0.3 is 14.2 Å². The number of fused-ring (bicyclic) bond motifs is 1. The van der Waals surface area contributed by atoms with E-state index in [1.54, 1.807) is 18.1 Å². The number of aryl methyl sites for hydroxylation is 1. The third-order valence-electron chi connectivity index (χ3n) is 4.70. The maximum atomic E-state index is 12.4. The Bertz CT molecular complexity index is 931. The number of nitrogens with zero attached hydrogens (tertiary/aromatic N) is 2. The Morgan fingerprint density at radius 3 is 2.46 bits per heavy atom. The van der Waals surface area contributed by atoms with Gasteiger partial charge in [-0.25, -0.2) is 4.79 Å². The summed E-state index contributed by atoms with van der Waals surface area (Å²) in [4.78, 5) is 26.4. The molecule has 0 radical (unpaired) electrons. The third kappa shape index (κ3) is 3.47. The van der Waals surface area contributed by atoms with Crippen molar-refractivity contribution in [3.05, 3.63) is 71.9 Å². The molecular formula is C21H22N2O3. The molecular weight excluding hydrogens is 328 g/mol. The van der Waals surface area contributed by atoms with E-state index in [9.17, 15) is 9.59 Å². The van der Waals surface area contributed by atoms with E-state index in [0.29, 0.717) is 5.56 Å². The fourth-order valence-electron chi connectivity index (χ4n) is 2.98. The van der Waals surface area contributed by atoms with Gasteiger partial charge in [-0.15, -0.1) is 0 Å². The minimum atomic E-state index is -0.490. The molecule has 2 aromatic carbocycles. The molecule has 0 N–H and O–H groups in total. The number of rotatable bonds is 5. The summed E-state index contributed by atoms with van der Waals surface area (Å²) in [6, 6.07) is 17.2. The number of para-hydroxylation sites is 1. The minimum absolute atomic E-state index is 0.0973. The van der Waals surface area contributed by atoms with Crippen LogP contribution in [-0.4, -0.2) is 35.0 Å². The molecule has 0 fully saturated rings. The minimum Gasteiger partial charge on any atom is -0.452 e. The van der Waals surface area contributed by atoms with Gasteiger partial charge >= 0.3 is 5.97 Å². The first-order valence-corrected chi connectivity index (χ1v) is 8.51.